The maximum Gasteiger partial charge on any atom is 0.239 e. The van der Waals surface area contributed by atoms with Gasteiger partial charge in [-0.3, -0.25) is 14.9 Å². The van der Waals surface area contributed by atoms with Crippen molar-refractivity contribution in [3.63, 3.8) is 0 Å². The fourth-order valence-electron chi connectivity index (χ4n) is 3.38. The summed E-state index contributed by atoms with van der Waals surface area (Å²) in [5.74, 6) is 0.504. The van der Waals surface area contributed by atoms with E-state index >= 15 is 0 Å². The van der Waals surface area contributed by atoms with E-state index < -0.39 is 0 Å². The number of hydrogen-bond acceptors (Lipinski definition) is 3. The molecule has 0 aromatic heterocycles. The Morgan fingerprint density at radius 2 is 1.95 bits per heavy atom. The summed E-state index contributed by atoms with van der Waals surface area (Å²) < 4.78 is 0. The van der Waals surface area contributed by atoms with Gasteiger partial charge in [0.25, 0.3) is 0 Å². The van der Waals surface area contributed by atoms with E-state index in [9.17, 15) is 9.59 Å². The van der Waals surface area contributed by atoms with Gasteiger partial charge in [-0.1, -0.05) is 33.6 Å². The van der Waals surface area contributed by atoms with Gasteiger partial charge in [0, 0.05) is 12.6 Å². The van der Waals surface area contributed by atoms with Gasteiger partial charge in [0.05, 0.1) is 6.54 Å². The van der Waals surface area contributed by atoms with Crippen molar-refractivity contribution >= 4 is 11.8 Å². The van der Waals surface area contributed by atoms with Gasteiger partial charge in [-0.2, -0.15) is 0 Å². The molecule has 0 radical (unpaired) electrons. The highest BCUT2D eigenvalue weighted by molar-refractivity contribution is 5.86. The van der Waals surface area contributed by atoms with Crippen molar-refractivity contribution in [2.75, 3.05) is 13.1 Å². The van der Waals surface area contributed by atoms with Crippen molar-refractivity contribution in [1.29, 1.82) is 0 Å². The molecule has 3 unspecified atom stereocenters. The first-order valence-electron chi connectivity index (χ1n) is 7.68. The normalized spacial score (nSPS) is 31.6. The van der Waals surface area contributed by atoms with E-state index in [1.54, 1.807) is 0 Å². The smallest absolute Gasteiger partial charge is 0.239 e. The largest absolute Gasteiger partial charge is 0.353 e. The average Bonchev–Trinajstić information content (AvgIpc) is 2.38. The molecule has 2 aliphatic rings. The van der Waals surface area contributed by atoms with E-state index in [1.165, 1.54) is 19.3 Å². The van der Waals surface area contributed by atoms with Gasteiger partial charge in [-0.15, -0.1) is 0 Å². The molecule has 5 heteroatoms. The maximum atomic E-state index is 12.3. The Kier molecular flexibility index (Phi) is 4.68. The molecule has 2 fully saturated rings. The zero-order chi connectivity index (χ0) is 14.8. The first kappa shape index (κ1) is 15.3. The molecule has 1 aliphatic carbocycles. The summed E-state index contributed by atoms with van der Waals surface area (Å²) in [5, 5.41) is 8.92. The lowest BCUT2D eigenvalue weighted by molar-refractivity contribution is -0.127. The Labute approximate surface area is 121 Å². The first-order chi connectivity index (χ1) is 9.38. The summed E-state index contributed by atoms with van der Waals surface area (Å²) in [4.78, 5) is 23.4. The summed E-state index contributed by atoms with van der Waals surface area (Å²) in [6.45, 7) is 7.37. The van der Waals surface area contributed by atoms with Crippen LogP contribution in [-0.4, -0.2) is 37.0 Å². The molecule has 20 heavy (non-hydrogen) atoms. The van der Waals surface area contributed by atoms with Crippen LogP contribution in [0, 0.1) is 11.3 Å². The molecular formula is C15H27N3O2. The van der Waals surface area contributed by atoms with Crippen molar-refractivity contribution in [2.45, 2.75) is 58.5 Å². The zero-order valence-corrected chi connectivity index (χ0v) is 12.8. The predicted octanol–water partition coefficient (Wildman–Crippen LogP) is 0.796. The minimum atomic E-state index is -0.296. The van der Waals surface area contributed by atoms with Crippen molar-refractivity contribution in [3.8, 4) is 0 Å². The Balaban J connectivity index is 1.93. The van der Waals surface area contributed by atoms with Crippen LogP contribution >= 0.6 is 0 Å². The maximum absolute atomic E-state index is 12.3. The van der Waals surface area contributed by atoms with E-state index in [2.05, 4.69) is 36.7 Å². The predicted molar refractivity (Wildman–Crippen MR) is 78.1 cm³/mol. The topological polar surface area (TPSA) is 70.2 Å². The zero-order valence-electron chi connectivity index (χ0n) is 12.8. The molecule has 5 nitrogen and oxygen atoms in total. The highest BCUT2D eigenvalue weighted by Gasteiger charge is 2.36. The van der Waals surface area contributed by atoms with Crippen LogP contribution in [0.3, 0.4) is 0 Å². The van der Waals surface area contributed by atoms with Crippen molar-refractivity contribution in [2.24, 2.45) is 11.3 Å². The molecule has 0 bridgehead atoms. The highest BCUT2D eigenvalue weighted by Crippen LogP contribution is 2.37. The molecule has 1 aliphatic heterocycles. The minimum absolute atomic E-state index is 0.0196. The third-order valence-electron chi connectivity index (χ3n) is 4.53. The number of hydrogen-bond donors (Lipinski definition) is 3. The van der Waals surface area contributed by atoms with Crippen molar-refractivity contribution < 1.29 is 9.59 Å². The average molecular weight is 281 g/mol. The Bertz CT molecular complexity index is 366. The van der Waals surface area contributed by atoms with Crippen LogP contribution in [0.15, 0.2) is 0 Å². The molecule has 0 spiro atoms. The molecule has 0 aromatic carbocycles. The molecule has 2 rings (SSSR count). The monoisotopic (exact) mass is 281 g/mol. The van der Waals surface area contributed by atoms with Crippen LogP contribution in [-0.2, 0) is 9.59 Å². The molecule has 3 N–H and O–H groups in total. The van der Waals surface area contributed by atoms with Gasteiger partial charge in [0.2, 0.25) is 11.8 Å². The van der Waals surface area contributed by atoms with E-state index in [-0.39, 0.29) is 35.9 Å². The molecule has 1 heterocycles. The van der Waals surface area contributed by atoms with E-state index in [0.29, 0.717) is 12.5 Å². The summed E-state index contributed by atoms with van der Waals surface area (Å²) in [6.07, 6.45) is 4.69. The lowest BCUT2D eigenvalue weighted by Gasteiger charge is -2.41. The summed E-state index contributed by atoms with van der Waals surface area (Å²) >= 11 is 0. The fraction of sp³-hybridized carbons (Fsp3) is 0.867. The lowest BCUT2D eigenvalue weighted by atomic mass is 9.69. The molecular weight excluding hydrogens is 254 g/mol. The van der Waals surface area contributed by atoms with Gasteiger partial charge < -0.3 is 10.6 Å². The highest BCUT2D eigenvalue weighted by atomic mass is 16.2. The molecule has 1 saturated heterocycles. The molecule has 114 valence electrons. The molecule has 2 amide bonds. The summed E-state index contributed by atoms with van der Waals surface area (Å²) in [5.41, 5.74) is 0.215. The Morgan fingerprint density at radius 1 is 1.25 bits per heavy atom. The Morgan fingerprint density at radius 3 is 2.55 bits per heavy atom. The molecule has 1 saturated carbocycles. The lowest BCUT2D eigenvalue weighted by Crippen LogP contribution is -2.60. The number of rotatable bonds is 2. The van der Waals surface area contributed by atoms with Gasteiger partial charge >= 0.3 is 0 Å². The number of carbonyl (C=O) groups excluding carboxylic acids is 2. The SMILES string of the molecule is CC(C)(C)C1CCCCC1NC(=O)C1CNC(=O)CN1. The van der Waals surface area contributed by atoms with E-state index in [1.807, 2.05) is 0 Å². The third-order valence-corrected chi connectivity index (χ3v) is 4.53. The molecule has 3 atom stereocenters. The van der Waals surface area contributed by atoms with Crippen LogP contribution in [0.1, 0.15) is 46.5 Å². The second kappa shape index (κ2) is 6.12. The fourth-order valence-corrected chi connectivity index (χ4v) is 3.38. The second-order valence-electron chi connectivity index (χ2n) is 7.11. The van der Waals surface area contributed by atoms with Gasteiger partial charge in [0.1, 0.15) is 6.04 Å². The first-order valence-corrected chi connectivity index (χ1v) is 7.68. The van der Waals surface area contributed by atoms with E-state index in [0.717, 1.165) is 6.42 Å². The van der Waals surface area contributed by atoms with Gasteiger partial charge in [0.15, 0.2) is 0 Å². The van der Waals surface area contributed by atoms with Gasteiger partial charge in [-0.25, -0.2) is 0 Å². The third kappa shape index (κ3) is 3.72. The quantitative estimate of drug-likeness (QED) is 0.701. The van der Waals surface area contributed by atoms with Crippen molar-refractivity contribution in [3.05, 3.63) is 0 Å². The number of carbonyl (C=O) groups is 2. The summed E-state index contributed by atoms with van der Waals surface area (Å²) in [6, 6.07) is -0.0362. The van der Waals surface area contributed by atoms with Crippen LogP contribution in [0.2, 0.25) is 0 Å². The standard InChI is InChI=1S/C15H27N3O2/c1-15(2,3)10-6-4-5-7-11(10)18-14(20)12-8-17-13(19)9-16-12/h10-12,16H,4-9H2,1-3H3,(H,17,19)(H,18,20). The number of amides is 2. The van der Waals surface area contributed by atoms with Crippen molar-refractivity contribution in [1.82, 2.24) is 16.0 Å². The van der Waals surface area contributed by atoms with Crippen LogP contribution in [0.5, 0.6) is 0 Å². The van der Waals surface area contributed by atoms with E-state index in [4.69, 9.17) is 0 Å². The van der Waals surface area contributed by atoms with Crippen LogP contribution in [0.4, 0.5) is 0 Å². The number of piperazine rings is 1. The minimum Gasteiger partial charge on any atom is -0.353 e. The van der Waals surface area contributed by atoms with Gasteiger partial charge in [-0.05, 0) is 24.2 Å². The molecule has 0 aromatic rings. The van der Waals surface area contributed by atoms with Crippen LogP contribution < -0.4 is 16.0 Å². The summed E-state index contributed by atoms with van der Waals surface area (Å²) in [7, 11) is 0. The number of nitrogens with one attached hydrogen (secondary N) is 3. The van der Waals surface area contributed by atoms with Crippen LogP contribution in [0.25, 0.3) is 0 Å². The Hall–Kier alpha value is -1.10. The second-order valence-corrected chi connectivity index (χ2v) is 7.11.